The van der Waals surface area contributed by atoms with E-state index in [1.807, 2.05) is 36.4 Å². The highest BCUT2D eigenvalue weighted by molar-refractivity contribution is 7.11. The van der Waals surface area contributed by atoms with Gasteiger partial charge in [-0.15, -0.1) is 11.3 Å². The zero-order chi connectivity index (χ0) is 18.1. The summed E-state index contributed by atoms with van der Waals surface area (Å²) >= 11 is 1.67. The molecule has 2 heterocycles. The van der Waals surface area contributed by atoms with E-state index in [9.17, 15) is 4.79 Å². The van der Waals surface area contributed by atoms with Gasteiger partial charge in [-0.3, -0.25) is 4.79 Å². The highest BCUT2D eigenvalue weighted by Gasteiger charge is 2.32. The van der Waals surface area contributed by atoms with E-state index in [0.717, 1.165) is 38.8 Å². The van der Waals surface area contributed by atoms with Crippen LogP contribution in [0.4, 0.5) is 5.69 Å². The number of methoxy groups -OCH3 is 2. The highest BCUT2D eigenvalue weighted by Crippen LogP contribution is 2.48. The third-order valence-electron chi connectivity index (χ3n) is 4.69. The minimum absolute atomic E-state index is 0.0166. The molecular weight excluding hydrogens is 346 g/mol. The van der Waals surface area contributed by atoms with E-state index in [0.29, 0.717) is 6.42 Å². The highest BCUT2D eigenvalue weighted by atomic mass is 32.1. The fraction of sp³-hybridized carbons (Fsp3) is 0.190. The van der Waals surface area contributed by atoms with Crippen LogP contribution in [0.15, 0.2) is 53.9 Å². The lowest BCUT2D eigenvalue weighted by molar-refractivity contribution is -0.116. The number of anilines is 1. The number of ether oxygens (including phenoxy) is 2. The van der Waals surface area contributed by atoms with Crippen molar-refractivity contribution in [3.63, 3.8) is 0 Å². The van der Waals surface area contributed by atoms with Gasteiger partial charge in [-0.1, -0.05) is 30.3 Å². The summed E-state index contributed by atoms with van der Waals surface area (Å²) < 4.78 is 10.9. The van der Waals surface area contributed by atoms with Crippen LogP contribution in [0.1, 0.15) is 22.8 Å². The van der Waals surface area contributed by atoms with Crippen LogP contribution in [0.25, 0.3) is 11.1 Å². The Balaban J connectivity index is 1.85. The first-order valence-electron chi connectivity index (χ1n) is 8.40. The molecule has 0 fully saturated rings. The largest absolute Gasteiger partial charge is 0.497 e. The lowest BCUT2D eigenvalue weighted by Gasteiger charge is -2.25. The summed E-state index contributed by atoms with van der Waals surface area (Å²) in [7, 11) is 3.29. The zero-order valence-corrected chi connectivity index (χ0v) is 15.4. The third kappa shape index (κ3) is 2.84. The second-order valence-corrected chi connectivity index (χ2v) is 7.08. The van der Waals surface area contributed by atoms with E-state index in [1.54, 1.807) is 25.6 Å². The molecule has 4 rings (SSSR count). The second-order valence-electron chi connectivity index (χ2n) is 6.17. The van der Waals surface area contributed by atoms with Crippen LogP contribution in [-0.4, -0.2) is 20.1 Å². The average Bonchev–Trinajstić information content (AvgIpc) is 3.11. The minimum atomic E-state index is -0.0498. The van der Waals surface area contributed by atoms with Gasteiger partial charge in [-0.05, 0) is 23.8 Å². The average molecular weight is 365 g/mol. The summed E-state index contributed by atoms with van der Waals surface area (Å²) in [6.07, 6.45) is 0.394. The number of hydrogen-bond donors (Lipinski definition) is 1. The normalized spacial score (nSPS) is 15.9. The smallest absolute Gasteiger partial charge is 0.225 e. The fourth-order valence-corrected chi connectivity index (χ4v) is 4.57. The van der Waals surface area contributed by atoms with Gasteiger partial charge in [-0.25, -0.2) is 0 Å². The molecule has 2 aromatic carbocycles. The van der Waals surface area contributed by atoms with Crippen LogP contribution < -0.4 is 14.8 Å². The Labute approximate surface area is 156 Å². The molecular formula is C21H19NO3S. The molecule has 1 aromatic heterocycles. The summed E-state index contributed by atoms with van der Waals surface area (Å²) in [5.74, 6) is 1.49. The van der Waals surface area contributed by atoms with Crippen molar-refractivity contribution in [2.75, 3.05) is 19.5 Å². The Kier molecular flexibility index (Phi) is 4.39. The first kappa shape index (κ1) is 16.7. The molecule has 0 aliphatic carbocycles. The molecule has 4 nitrogen and oxygen atoms in total. The van der Waals surface area contributed by atoms with Gasteiger partial charge in [-0.2, -0.15) is 0 Å². The van der Waals surface area contributed by atoms with Crippen molar-refractivity contribution in [3.05, 3.63) is 64.4 Å². The Morgan fingerprint density at radius 1 is 1.08 bits per heavy atom. The first-order chi connectivity index (χ1) is 12.7. The minimum Gasteiger partial charge on any atom is -0.497 e. The molecule has 1 atom stereocenters. The molecule has 26 heavy (non-hydrogen) atoms. The van der Waals surface area contributed by atoms with Crippen LogP contribution in [0.2, 0.25) is 0 Å². The molecule has 3 aromatic rings. The van der Waals surface area contributed by atoms with Crippen molar-refractivity contribution < 1.29 is 14.3 Å². The number of benzene rings is 2. The molecule has 1 amide bonds. The molecule has 0 unspecified atom stereocenters. The van der Waals surface area contributed by atoms with E-state index < -0.39 is 0 Å². The summed E-state index contributed by atoms with van der Waals surface area (Å²) in [6, 6.07) is 15.9. The number of hydrogen-bond acceptors (Lipinski definition) is 4. The maximum Gasteiger partial charge on any atom is 0.225 e. The number of rotatable bonds is 4. The van der Waals surface area contributed by atoms with E-state index in [2.05, 4.69) is 22.8 Å². The molecule has 1 aliphatic rings. The fourth-order valence-electron chi connectivity index (χ4n) is 3.42. The van der Waals surface area contributed by atoms with Crippen molar-refractivity contribution in [3.8, 4) is 22.6 Å². The van der Waals surface area contributed by atoms with Gasteiger partial charge in [0.05, 0.1) is 19.9 Å². The number of thiophene rings is 1. The van der Waals surface area contributed by atoms with Crippen LogP contribution in [-0.2, 0) is 4.79 Å². The molecule has 132 valence electrons. The SMILES string of the molecule is COc1ccc(OC)c([C@H]2CC(=O)Nc3c(-c4ccccc4)csc32)c1. The topological polar surface area (TPSA) is 47.6 Å². The van der Waals surface area contributed by atoms with Crippen molar-refractivity contribution in [1.29, 1.82) is 0 Å². The van der Waals surface area contributed by atoms with E-state index in [4.69, 9.17) is 9.47 Å². The second kappa shape index (κ2) is 6.84. The van der Waals surface area contributed by atoms with Crippen molar-refractivity contribution in [2.45, 2.75) is 12.3 Å². The number of amides is 1. The van der Waals surface area contributed by atoms with Crippen LogP contribution in [0.5, 0.6) is 11.5 Å². The summed E-state index contributed by atoms with van der Waals surface area (Å²) in [5.41, 5.74) is 4.05. The van der Waals surface area contributed by atoms with Crippen LogP contribution in [0.3, 0.4) is 0 Å². The Morgan fingerprint density at radius 3 is 2.62 bits per heavy atom. The quantitative estimate of drug-likeness (QED) is 0.715. The van der Waals surface area contributed by atoms with Gasteiger partial charge >= 0.3 is 0 Å². The molecule has 0 saturated carbocycles. The predicted molar refractivity (Wildman–Crippen MR) is 104 cm³/mol. The monoisotopic (exact) mass is 365 g/mol. The summed E-state index contributed by atoms with van der Waals surface area (Å²) in [4.78, 5) is 13.6. The van der Waals surface area contributed by atoms with Crippen LogP contribution >= 0.6 is 11.3 Å². The first-order valence-corrected chi connectivity index (χ1v) is 9.27. The molecule has 0 bridgehead atoms. The van der Waals surface area contributed by atoms with Gasteiger partial charge in [0, 0.05) is 33.7 Å². The third-order valence-corrected chi connectivity index (χ3v) is 5.78. The van der Waals surface area contributed by atoms with Gasteiger partial charge in [0.2, 0.25) is 5.91 Å². The molecule has 0 spiro atoms. The van der Waals surface area contributed by atoms with Crippen molar-refractivity contribution in [2.24, 2.45) is 0 Å². The standard InChI is InChI=1S/C21H19NO3S/c1-24-14-8-9-18(25-2)15(10-14)16-11-19(23)22-20-17(12-26-21(16)20)13-6-4-3-5-7-13/h3-10,12,16H,11H2,1-2H3,(H,22,23)/t16-/m1/s1. The lowest BCUT2D eigenvalue weighted by Crippen LogP contribution is -2.22. The summed E-state index contributed by atoms with van der Waals surface area (Å²) in [6.45, 7) is 0. The molecule has 5 heteroatoms. The molecule has 0 radical (unpaired) electrons. The molecule has 1 N–H and O–H groups in total. The Bertz CT molecular complexity index is 949. The molecule has 1 aliphatic heterocycles. The van der Waals surface area contributed by atoms with Gasteiger partial charge in [0.15, 0.2) is 0 Å². The van der Waals surface area contributed by atoms with Crippen LogP contribution in [0, 0.1) is 0 Å². The zero-order valence-electron chi connectivity index (χ0n) is 14.6. The van der Waals surface area contributed by atoms with Gasteiger partial charge < -0.3 is 14.8 Å². The van der Waals surface area contributed by atoms with E-state index in [1.165, 1.54) is 0 Å². The predicted octanol–water partition coefficient (Wildman–Crippen LogP) is 4.91. The number of nitrogens with one attached hydrogen (secondary N) is 1. The van der Waals surface area contributed by atoms with E-state index >= 15 is 0 Å². The number of carbonyl (C=O) groups excluding carboxylic acids is 1. The lowest BCUT2D eigenvalue weighted by atomic mass is 9.88. The van der Waals surface area contributed by atoms with Gasteiger partial charge in [0.25, 0.3) is 0 Å². The summed E-state index contributed by atoms with van der Waals surface area (Å²) in [5, 5.41) is 5.19. The van der Waals surface area contributed by atoms with E-state index in [-0.39, 0.29) is 11.8 Å². The Morgan fingerprint density at radius 2 is 1.88 bits per heavy atom. The number of fused-ring (bicyclic) bond motifs is 1. The Hall–Kier alpha value is -2.79. The maximum absolute atomic E-state index is 12.5. The van der Waals surface area contributed by atoms with Crippen molar-refractivity contribution >= 4 is 22.9 Å². The van der Waals surface area contributed by atoms with Gasteiger partial charge in [0.1, 0.15) is 11.5 Å². The maximum atomic E-state index is 12.5. The molecule has 0 saturated heterocycles. The van der Waals surface area contributed by atoms with Crippen molar-refractivity contribution in [1.82, 2.24) is 0 Å². The number of carbonyl (C=O) groups is 1.